The van der Waals surface area contributed by atoms with Crippen LogP contribution in [0.1, 0.15) is 29.3 Å². The van der Waals surface area contributed by atoms with Crippen LogP contribution in [0.25, 0.3) is 10.9 Å². The normalized spacial score (nSPS) is 17.6. The molecular weight excluding hydrogens is 310 g/mol. The molecule has 1 fully saturated rings. The second-order valence-electron chi connectivity index (χ2n) is 6.57. The van der Waals surface area contributed by atoms with Gasteiger partial charge in [0, 0.05) is 23.6 Å². The van der Waals surface area contributed by atoms with Gasteiger partial charge in [0.05, 0.1) is 0 Å². The minimum absolute atomic E-state index is 0.492. The summed E-state index contributed by atoms with van der Waals surface area (Å²) in [4.78, 5) is 7.53. The Hall–Kier alpha value is -1.37. The molecule has 23 heavy (non-hydrogen) atoms. The standard InChI is InChI=1S/C17H25N3O2S/c1-19(2)10-7-14-12-18-16-6-5-13(11-15(14)16)17(23(21)22)20-8-3-4-9-20/h5-6,11-12,17-18,23H,3-4,7-10H2,1-2H3. The molecule has 1 aromatic heterocycles. The van der Waals surface area contributed by atoms with Gasteiger partial charge in [0.2, 0.25) is 0 Å². The summed E-state index contributed by atoms with van der Waals surface area (Å²) in [6.45, 7) is 2.71. The Bertz CT molecular complexity index is 737. The molecule has 0 spiro atoms. The second-order valence-corrected chi connectivity index (χ2v) is 7.63. The molecule has 5 nitrogen and oxygen atoms in total. The van der Waals surface area contributed by atoms with Crippen molar-refractivity contribution in [1.29, 1.82) is 0 Å². The Kier molecular flexibility index (Phi) is 5.04. The number of hydrogen-bond donors (Lipinski definition) is 2. The lowest BCUT2D eigenvalue weighted by molar-refractivity contribution is 0.312. The first-order valence-electron chi connectivity index (χ1n) is 8.18. The third-order valence-electron chi connectivity index (χ3n) is 4.60. The van der Waals surface area contributed by atoms with Gasteiger partial charge in [-0.05, 0) is 69.7 Å². The average molecular weight is 335 g/mol. The van der Waals surface area contributed by atoms with Crippen LogP contribution < -0.4 is 0 Å². The third-order valence-corrected chi connectivity index (χ3v) is 5.63. The fourth-order valence-corrected chi connectivity index (χ4v) is 4.26. The summed E-state index contributed by atoms with van der Waals surface area (Å²) in [6.07, 6.45) is 5.16. The van der Waals surface area contributed by atoms with Crippen LogP contribution >= 0.6 is 0 Å². The SMILES string of the molecule is CN(C)CCc1c[nH]c2ccc(C(N3CCCC3)[SH](=O)=O)cc12. The Morgan fingerprint density at radius 1 is 1.26 bits per heavy atom. The van der Waals surface area contributed by atoms with Gasteiger partial charge in [-0.1, -0.05) is 6.07 Å². The molecule has 3 rings (SSSR count). The number of aromatic nitrogens is 1. The molecule has 1 atom stereocenters. The molecule has 0 aliphatic carbocycles. The molecule has 0 saturated carbocycles. The molecule has 1 saturated heterocycles. The summed E-state index contributed by atoms with van der Waals surface area (Å²) in [5, 5.41) is 0.652. The number of fused-ring (bicyclic) bond motifs is 1. The smallest absolute Gasteiger partial charge is 0.160 e. The van der Waals surface area contributed by atoms with Crippen molar-refractivity contribution >= 4 is 21.6 Å². The van der Waals surface area contributed by atoms with Crippen LogP contribution in [0, 0.1) is 0 Å². The van der Waals surface area contributed by atoms with E-state index in [1.807, 2.05) is 18.3 Å². The van der Waals surface area contributed by atoms with E-state index in [2.05, 4.69) is 34.9 Å². The maximum atomic E-state index is 11.8. The maximum absolute atomic E-state index is 11.8. The highest BCUT2D eigenvalue weighted by Crippen LogP contribution is 2.29. The zero-order valence-corrected chi connectivity index (χ0v) is 14.7. The van der Waals surface area contributed by atoms with Crippen LogP contribution in [0.2, 0.25) is 0 Å². The number of H-pyrrole nitrogens is 1. The van der Waals surface area contributed by atoms with Crippen molar-refractivity contribution < 1.29 is 8.42 Å². The molecule has 1 unspecified atom stereocenters. The lowest BCUT2D eigenvalue weighted by atomic mass is 10.1. The number of aromatic amines is 1. The lowest BCUT2D eigenvalue weighted by Gasteiger charge is -2.22. The Morgan fingerprint density at radius 3 is 2.65 bits per heavy atom. The number of likely N-dealkylation sites (N-methyl/N-ethyl adjacent to an activating group) is 1. The molecule has 0 amide bonds. The lowest BCUT2D eigenvalue weighted by Crippen LogP contribution is -2.26. The summed E-state index contributed by atoms with van der Waals surface area (Å²) < 4.78 is 23.7. The van der Waals surface area contributed by atoms with Crippen molar-refractivity contribution in [1.82, 2.24) is 14.8 Å². The van der Waals surface area contributed by atoms with Crippen LogP contribution in [0.15, 0.2) is 24.4 Å². The Balaban J connectivity index is 1.95. The highest BCUT2D eigenvalue weighted by atomic mass is 32.2. The van der Waals surface area contributed by atoms with E-state index < -0.39 is 16.1 Å². The monoisotopic (exact) mass is 335 g/mol. The van der Waals surface area contributed by atoms with Crippen LogP contribution in [0.5, 0.6) is 0 Å². The molecular formula is C17H25N3O2S. The van der Waals surface area contributed by atoms with Gasteiger partial charge in [-0.2, -0.15) is 0 Å². The summed E-state index contributed by atoms with van der Waals surface area (Å²) in [5.41, 5.74) is 3.21. The Labute approximate surface area is 139 Å². The number of nitrogens with one attached hydrogen (secondary N) is 1. The van der Waals surface area contributed by atoms with Crippen LogP contribution in [-0.2, 0) is 17.1 Å². The minimum Gasteiger partial charge on any atom is -0.361 e. The van der Waals surface area contributed by atoms with E-state index in [4.69, 9.17) is 0 Å². The first-order chi connectivity index (χ1) is 11.1. The van der Waals surface area contributed by atoms with Gasteiger partial charge in [-0.3, -0.25) is 4.90 Å². The topological polar surface area (TPSA) is 56.4 Å². The predicted octanol–water partition coefficient (Wildman–Crippen LogP) is 1.98. The van der Waals surface area contributed by atoms with Gasteiger partial charge < -0.3 is 9.88 Å². The number of nitrogens with zero attached hydrogens (tertiary/aromatic N) is 2. The minimum atomic E-state index is -2.51. The molecule has 2 aromatic rings. The van der Waals surface area contributed by atoms with Crippen LogP contribution in [-0.4, -0.2) is 56.9 Å². The van der Waals surface area contributed by atoms with Gasteiger partial charge in [0.15, 0.2) is 10.7 Å². The van der Waals surface area contributed by atoms with E-state index in [0.29, 0.717) is 0 Å². The number of thiol groups is 1. The average Bonchev–Trinajstić information content (AvgIpc) is 3.14. The summed E-state index contributed by atoms with van der Waals surface area (Å²) >= 11 is 0. The first kappa shape index (κ1) is 16.5. The number of rotatable bonds is 6. The number of likely N-dealkylation sites (tertiary alicyclic amines) is 1. The predicted molar refractivity (Wildman–Crippen MR) is 94.4 cm³/mol. The van der Waals surface area contributed by atoms with E-state index in [0.717, 1.165) is 55.4 Å². The van der Waals surface area contributed by atoms with Crippen LogP contribution in [0.4, 0.5) is 0 Å². The summed E-state index contributed by atoms with van der Waals surface area (Å²) in [7, 11) is 1.61. The highest BCUT2D eigenvalue weighted by Gasteiger charge is 2.26. The molecule has 126 valence electrons. The van der Waals surface area contributed by atoms with Crippen molar-refractivity contribution in [3.05, 3.63) is 35.5 Å². The van der Waals surface area contributed by atoms with Crippen molar-refractivity contribution in [3.63, 3.8) is 0 Å². The first-order valence-corrected chi connectivity index (χ1v) is 9.43. The van der Waals surface area contributed by atoms with E-state index in [1.54, 1.807) is 0 Å². The van der Waals surface area contributed by atoms with Gasteiger partial charge >= 0.3 is 0 Å². The van der Waals surface area contributed by atoms with Gasteiger partial charge in [0.1, 0.15) is 5.37 Å². The van der Waals surface area contributed by atoms with Crippen LogP contribution in [0.3, 0.4) is 0 Å². The zero-order valence-electron chi connectivity index (χ0n) is 13.8. The maximum Gasteiger partial charge on any atom is 0.160 e. The Morgan fingerprint density at radius 2 is 2.00 bits per heavy atom. The molecule has 2 heterocycles. The summed E-state index contributed by atoms with van der Waals surface area (Å²) in [5.74, 6) is 0. The quantitative estimate of drug-likeness (QED) is 0.793. The van der Waals surface area contributed by atoms with E-state index >= 15 is 0 Å². The molecule has 1 aliphatic heterocycles. The van der Waals surface area contributed by atoms with Gasteiger partial charge in [-0.15, -0.1) is 0 Å². The third kappa shape index (κ3) is 3.59. The van der Waals surface area contributed by atoms with Crippen molar-refractivity contribution in [2.24, 2.45) is 0 Å². The molecule has 0 radical (unpaired) electrons. The fourth-order valence-electron chi connectivity index (χ4n) is 3.36. The summed E-state index contributed by atoms with van der Waals surface area (Å²) in [6, 6.07) is 6.01. The molecule has 1 N–H and O–H groups in total. The number of benzene rings is 1. The van der Waals surface area contributed by atoms with E-state index in [-0.39, 0.29) is 0 Å². The van der Waals surface area contributed by atoms with Crippen molar-refractivity contribution in [3.8, 4) is 0 Å². The van der Waals surface area contributed by atoms with Crippen molar-refractivity contribution in [2.75, 3.05) is 33.7 Å². The van der Waals surface area contributed by atoms with Gasteiger partial charge in [0.25, 0.3) is 0 Å². The van der Waals surface area contributed by atoms with Gasteiger partial charge in [-0.25, -0.2) is 8.42 Å². The highest BCUT2D eigenvalue weighted by molar-refractivity contribution is 7.72. The zero-order chi connectivity index (χ0) is 16.4. The fraction of sp³-hybridized carbons (Fsp3) is 0.529. The van der Waals surface area contributed by atoms with Crippen molar-refractivity contribution in [2.45, 2.75) is 24.6 Å². The molecule has 1 aliphatic rings. The van der Waals surface area contributed by atoms with E-state index in [9.17, 15) is 8.42 Å². The molecule has 6 heteroatoms. The second kappa shape index (κ2) is 7.03. The molecule has 1 aromatic carbocycles. The molecule has 0 bridgehead atoms. The largest absolute Gasteiger partial charge is 0.361 e. The van der Waals surface area contributed by atoms with E-state index in [1.165, 1.54) is 5.56 Å². The number of hydrogen-bond acceptors (Lipinski definition) is 4.